The first kappa shape index (κ1) is 7.35. The standard InChI is InChI=1S/C10H17N/c1-2-3-9-7-4-5-8(6-7)10(9)11/h4-5,7-10H,2-3,6,11H2,1H3. The van der Waals surface area contributed by atoms with Gasteiger partial charge in [-0.3, -0.25) is 0 Å². The van der Waals surface area contributed by atoms with Crippen LogP contribution in [0.15, 0.2) is 12.2 Å². The first-order valence-corrected chi connectivity index (χ1v) is 4.77. The monoisotopic (exact) mass is 151 g/mol. The summed E-state index contributed by atoms with van der Waals surface area (Å²) in [6, 6.07) is 0.477. The van der Waals surface area contributed by atoms with Crippen molar-refractivity contribution in [3.63, 3.8) is 0 Å². The number of hydrogen-bond donors (Lipinski definition) is 1. The van der Waals surface area contributed by atoms with Gasteiger partial charge in [0.2, 0.25) is 0 Å². The number of nitrogens with two attached hydrogens (primary N) is 1. The average Bonchev–Trinajstić information content (AvgIpc) is 2.54. The summed E-state index contributed by atoms with van der Waals surface area (Å²) in [4.78, 5) is 0. The topological polar surface area (TPSA) is 26.0 Å². The first-order valence-electron chi connectivity index (χ1n) is 4.77. The quantitative estimate of drug-likeness (QED) is 0.600. The molecule has 0 aromatic rings. The second-order valence-electron chi connectivity index (χ2n) is 3.98. The summed E-state index contributed by atoms with van der Waals surface area (Å²) in [5, 5.41) is 0. The summed E-state index contributed by atoms with van der Waals surface area (Å²) in [6.07, 6.45) is 8.66. The number of allylic oxidation sites excluding steroid dienone is 1. The minimum Gasteiger partial charge on any atom is -0.327 e. The van der Waals surface area contributed by atoms with Gasteiger partial charge in [0.25, 0.3) is 0 Å². The molecule has 2 bridgehead atoms. The lowest BCUT2D eigenvalue weighted by molar-refractivity contribution is 0.364. The Morgan fingerprint density at radius 1 is 1.36 bits per heavy atom. The molecule has 0 spiro atoms. The fourth-order valence-electron chi connectivity index (χ4n) is 2.70. The van der Waals surface area contributed by atoms with Crippen LogP contribution in [0.1, 0.15) is 26.2 Å². The number of rotatable bonds is 2. The third-order valence-electron chi connectivity index (χ3n) is 3.31. The maximum absolute atomic E-state index is 6.10. The lowest BCUT2D eigenvalue weighted by Gasteiger charge is -2.23. The molecule has 0 radical (unpaired) electrons. The molecule has 1 saturated carbocycles. The normalized spacial score (nSPS) is 47.1. The van der Waals surface area contributed by atoms with Crippen molar-refractivity contribution in [3.8, 4) is 0 Å². The van der Waals surface area contributed by atoms with E-state index in [0.717, 1.165) is 17.8 Å². The van der Waals surface area contributed by atoms with Gasteiger partial charge < -0.3 is 5.73 Å². The minimum atomic E-state index is 0.477. The van der Waals surface area contributed by atoms with Gasteiger partial charge in [-0.2, -0.15) is 0 Å². The summed E-state index contributed by atoms with van der Waals surface area (Å²) in [5.41, 5.74) is 6.10. The molecule has 2 N–H and O–H groups in total. The predicted molar refractivity (Wildman–Crippen MR) is 47.1 cm³/mol. The Hall–Kier alpha value is -0.300. The molecule has 11 heavy (non-hydrogen) atoms. The highest BCUT2D eigenvalue weighted by atomic mass is 14.7. The minimum absolute atomic E-state index is 0.477. The molecule has 62 valence electrons. The molecular weight excluding hydrogens is 134 g/mol. The van der Waals surface area contributed by atoms with Crippen molar-refractivity contribution in [1.29, 1.82) is 0 Å². The maximum atomic E-state index is 6.10. The summed E-state index contributed by atoms with van der Waals surface area (Å²) >= 11 is 0. The molecule has 2 aliphatic rings. The third-order valence-corrected chi connectivity index (χ3v) is 3.31. The molecule has 0 aliphatic heterocycles. The molecule has 4 unspecified atom stereocenters. The van der Waals surface area contributed by atoms with Gasteiger partial charge in [-0.25, -0.2) is 0 Å². The molecule has 0 heterocycles. The highest BCUT2D eigenvalue weighted by Crippen LogP contribution is 2.44. The average molecular weight is 151 g/mol. The summed E-state index contributed by atoms with van der Waals surface area (Å²) in [6.45, 7) is 2.25. The highest BCUT2D eigenvalue weighted by molar-refractivity contribution is 5.15. The Labute approximate surface area is 68.7 Å². The fraction of sp³-hybridized carbons (Fsp3) is 0.800. The Morgan fingerprint density at radius 3 is 2.64 bits per heavy atom. The molecule has 0 aromatic carbocycles. The maximum Gasteiger partial charge on any atom is 0.0136 e. The third kappa shape index (κ3) is 1.02. The van der Waals surface area contributed by atoms with Crippen molar-refractivity contribution < 1.29 is 0 Å². The number of fused-ring (bicyclic) bond motifs is 2. The Morgan fingerprint density at radius 2 is 2.09 bits per heavy atom. The molecule has 0 saturated heterocycles. The smallest absolute Gasteiger partial charge is 0.0136 e. The fourth-order valence-corrected chi connectivity index (χ4v) is 2.70. The molecule has 1 fully saturated rings. The van der Waals surface area contributed by atoms with E-state index in [2.05, 4.69) is 19.1 Å². The largest absolute Gasteiger partial charge is 0.327 e. The number of hydrogen-bond acceptors (Lipinski definition) is 1. The zero-order valence-corrected chi connectivity index (χ0v) is 7.16. The highest BCUT2D eigenvalue weighted by Gasteiger charge is 2.41. The van der Waals surface area contributed by atoms with Crippen molar-refractivity contribution in [2.75, 3.05) is 0 Å². The van der Waals surface area contributed by atoms with Crippen LogP contribution in [0.25, 0.3) is 0 Å². The van der Waals surface area contributed by atoms with Crippen molar-refractivity contribution in [2.45, 2.75) is 32.2 Å². The SMILES string of the molecule is CCCC1C2C=CC(C2)C1N. The molecule has 4 atom stereocenters. The van der Waals surface area contributed by atoms with Crippen molar-refractivity contribution in [1.82, 2.24) is 0 Å². The van der Waals surface area contributed by atoms with E-state index in [4.69, 9.17) is 5.73 Å². The predicted octanol–water partition coefficient (Wildman–Crippen LogP) is 1.94. The van der Waals surface area contributed by atoms with E-state index in [1.807, 2.05) is 0 Å². The van der Waals surface area contributed by atoms with Gasteiger partial charge in [-0.1, -0.05) is 25.5 Å². The van der Waals surface area contributed by atoms with Gasteiger partial charge in [0.15, 0.2) is 0 Å². The van der Waals surface area contributed by atoms with E-state index in [-0.39, 0.29) is 0 Å². The van der Waals surface area contributed by atoms with Crippen LogP contribution in [-0.4, -0.2) is 6.04 Å². The lowest BCUT2D eigenvalue weighted by Crippen LogP contribution is -2.33. The van der Waals surface area contributed by atoms with E-state index in [0.29, 0.717) is 6.04 Å². The van der Waals surface area contributed by atoms with Gasteiger partial charge in [-0.05, 0) is 30.6 Å². The van der Waals surface area contributed by atoms with Crippen LogP contribution in [0.3, 0.4) is 0 Å². The lowest BCUT2D eigenvalue weighted by atomic mass is 9.86. The summed E-state index contributed by atoms with van der Waals surface area (Å²) in [7, 11) is 0. The first-order chi connectivity index (χ1) is 5.33. The second-order valence-corrected chi connectivity index (χ2v) is 3.98. The second kappa shape index (κ2) is 2.63. The molecule has 0 amide bonds. The molecule has 2 aliphatic carbocycles. The van der Waals surface area contributed by atoms with Crippen LogP contribution < -0.4 is 5.73 Å². The Kier molecular flexibility index (Phi) is 1.76. The molecular formula is C10H17N. The van der Waals surface area contributed by atoms with Crippen LogP contribution in [0.5, 0.6) is 0 Å². The summed E-state index contributed by atoms with van der Waals surface area (Å²) in [5.74, 6) is 2.35. The van der Waals surface area contributed by atoms with Gasteiger partial charge in [-0.15, -0.1) is 0 Å². The van der Waals surface area contributed by atoms with Crippen molar-refractivity contribution >= 4 is 0 Å². The van der Waals surface area contributed by atoms with Gasteiger partial charge in [0.1, 0.15) is 0 Å². The van der Waals surface area contributed by atoms with Crippen LogP contribution in [0.2, 0.25) is 0 Å². The molecule has 1 nitrogen and oxygen atoms in total. The van der Waals surface area contributed by atoms with Gasteiger partial charge >= 0.3 is 0 Å². The van der Waals surface area contributed by atoms with E-state index >= 15 is 0 Å². The van der Waals surface area contributed by atoms with Crippen molar-refractivity contribution in [2.24, 2.45) is 23.5 Å². The van der Waals surface area contributed by atoms with Crippen LogP contribution >= 0.6 is 0 Å². The Balaban J connectivity index is 2.06. The van der Waals surface area contributed by atoms with Gasteiger partial charge in [0, 0.05) is 6.04 Å². The zero-order chi connectivity index (χ0) is 7.84. The van der Waals surface area contributed by atoms with E-state index in [9.17, 15) is 0 Å². The van der Waals surface area contributed by atoms with Gasteiger partial charge in [0.05, 0.1) is 0 Å². The molecule has 0 aromatic heterocycles. The van der Waals surface area contributed by atoms with Crippen LogP contribution in [-0.2, 0) is 0 Å². The molecule has 2 rings (SSSR count). The van der Waals surface area contributed by atoms with Crippen LogP contribution in [0.4, 0.5) is 0 Å². The van der Waals surface area contributed by atoms with Crippen LogP contribution in [0, 0.1) is 17.8 Å². The van der Waals surface area contributed by atoms with E-state index in [1.165, 1.54) is 19.3 Å². The van der Waals surface area contributed by atoms with E-state index < -0.39 is 0 Å². The Bertz CT molecular complexity index is 174. The van der Waals surface area contributed by atoms with E-state index in [1.54, 1.807) is 0 Å². The summed E-state index contributed by atoms with van der Waals surface area (Å²) < 4.78 is 0. The molecule has 1 heteroatoms. The zero-order valence-electron chi connectivity index (χ0n) is 7.16. The van der Waals surface area contributed by atoms with Crippen molar-refractivity contribution in [3.05, 3.63) is 12.2 Å².